The molecular weight excluding hydrogens is 293 g/mol. The van der Waals surface area contributed by atoms with Crippen molar-refractivity contribution in [1.29, 1.82) is 0 Å². The molecule has 1 aliphatic rings. The third kappa shape index (κ3) is 4.50. The van der Waals surface area contributed by atoms with Crippen LogP contribution in [-0.4, -0.2) is 41.2 Å². The van der Waals surface area contributed by atoms with Gasteiger partial charge in [-0.15, -0.1) is 0 Å². The molecule has 1 aliphatic heterocycles. The SMILES string of the molecule is O[C@H](CN1CC[C@H](CNc2ccccn2)C1)c1ccc(F)cc1. The fraction of sp³-hybridized carbons (Fsp3) is 0.389. The maximum Gasteiger partial charge on any atom is 0.125 e. The Morgan fingerprint density at radius 1 is 1.26 bits per heavy atom. The Morgan fingerprint density at radius 3 is 2.83 bits per heavy atom. The number of aromatic nitrogens is 1. The molecule has 2 heterocycles. The van der Waals surface area contributed by atoms with Crippen molar-refractivity contribution in [2.24, 2.45) is 5.92 Å². The van der Waals surface area contributed by atoms with Gasteiger partial charge in [-0.2, -0.15) is 0 Å². The molecule has 0 bridgehead atoms. The molecule has 1 saturated heterocycles. The van der Waals surface area contributed by atoms with Crippen LogP contribution in [0.4, 0.5) is 10.2 Å². The summed E-state index contributed by atoms with van der Waals surface area (Å²) in [7, 11) is 0. The van der Waals surface area contributed by atoms with Gasteiger partial charge in [0.05, 0.1) is 6.10 Å². The van der Waals surface area contributed by atoms with Crippen LogP contribution in [0.5, 0.6) is 0 Å². The van der Waals surface area contributed by atoms with Crippen molar-refractivity contribution < 1.29 is 9.50 Å². The first-order valence-corrected chi connectivity index (χ1v) is 8.01. The van der Waals surface area contributed by atoms with Gasteiger partial charge in [0.15, 0.2) is 0 Å². The van der Waals surface area contributed by atoms with E-state index in [1.54, 1.807) is 18.3 Å². The number of hydrogen-bond donors (Lipinski definition) is 2. The molecule has 2 N–H and O–H groups in total. The van der Waals surface area contributed by atoms with Gasteiger partial charge in [0.25, 0.3) is 0 Å². The number of aliphatic hydroxyl groups excluding tert-OH is 1. The average Bonchev–Trinajstić information content (AvgIpc) is 3.02. The van der Waals surface area contributed by atoms with Gasteiger partial charge in [-0.1, -0.05) is 18.2 Å². The number of aliphatic hydroxyl groups is 1. The van der Waals surface area contributed by atoms with E-state index in [0.29, 0.717) is 12.5 Å². The molecule has 0 unspecified atom stereocenters. The summed E-state index contributed by atoms with van der Waals surface area (Å²) in [6.45, 7) is 3.41. The van der Waals surface area contributed by atoms with Crippen LogP contribution < -0.4 is 5.32 Å². The van der Waals surface area contributed by atoms with Crippen molar-refractivity contribution in [3.05, 3.63) is 60.0 Å². The van der Waals surface area contributed by atoms with Gasteiger partial charge in [-0.3, -0.25) is 0 Å². The van der Waals surface area contributed by atoms with E-state index >= 15 is 0 Å². The molecular formula is C18H22FN3O. The van der Waals surface area contributed by atoms with Crippen LogP contribution >= 0.6 is 0 Å². The largest absolute Gasteiger partial charge is 0.387 e. The zero-order chi connectivity index (χ0) is 16.1. The Bertz CT molecular complexity index is 605. The number of halogens is 1. The maximum atomic E-state index is 12.9. The van der Waals surface area contributed by atoms with Crippen LogP contribution in [0.1, 0.15) is 18.1 Å². The first-order valence-electron chi connectivity index (χ1n) is 8.01. The quantitative estimate of drug-likeness (QED) is 0.860. The summed E-state index contributed by atoms with van der Waals surface area (Å²) >= 11 is 0. The Balaban J connectivity index is 1.45. The van der Waals surface area contributed by atoms with Gasteiger partial charge in [-0.25, -0.2) is 9.37 Å². The minimum Gasteiger partial charge on any atom is -0.387 e. The fourth-order valence-electron chi connectivity index (χ4n) is 3.00. The van der Waals surface area contributed by atoms with Gasteiger partial charge in [0.2, 0.25) is 0 Å². The van der Waals surface area contributed by atoms with Gasteiger partial charge in [-0.05, 0) is 48.7 Å². The molecule has 5 heteroatoms. The molecule has 3 rings (SSSR count). The lowest BCUT2D eigenvalue weighted by atomic mass is 10.1. The molecule has 0 saturated carbocycles. The predicted molar refractivity (Wildman–Crippen MR) is 88.6 cm³/mol. The van der Waals surface area contributed by atoms with E-state index in [4.69, 9.17) is 0 Å². The summed E-state index contributed by atoms with van der Waals surface area (Å²) in [5.74, 6) is 1.18. The van der Waals surface area contributed by atoms with Crippen LogP contribution in [0.2, 0.25) is 0 Å². The lowest BCUT2D eigenvalue weighted by Crippen LogP contribution is -2.27. The number of benzene rings is 1. The van der Waals surface area contributed by atoms with Crippen LogP contribution in [0.3, 0.4) is 0 Å². The van der Waals surface area contributed by atoms with E-state index < -0.39 is 6.10 Å². The number of nitrogens with one attached hydrogen (secondary N) is 1. The maximum absolute atomic E-state index is 12.9. The zero-order valence-electron chi connectivity index (χ0n) is 13.0. The number of nitrogens with zero attached hydrogens (tertiary/aromatic N) is 2. The topological polar surface area (TPSA) is 48.4 Å². The minimum atomic E-state index is -0.571. The van der Waals surface area contributed by atoms with Gasteiger partial charge in [0, 0.05) is 25.8 Å². The number of pyridine rings is 1. The lowest BCUT2D eigenvalue weighted by molar-refractivity contribution is 0.124. The van der Waals surface area contributed by atoms with Crippen molar-refractivity contribution in [2.75, 3.05) is 31.5 Å². The van der Waals surface area contributed by atoms with Gasteiger partial charge < -0.3 is 15.3 Å². The second-order valence-electron chi connectivity index (χ2n) is 6.08. The van der Waals surface area contributed by atoms with Crippen LogP contribution in [-0.2, 0) is 0 Å². The summed E-state index contributed by atoms with van der Waals surface area (Å²) in [5, 5.41) is 13.6. The summed E-state index contributed by atoms with van der Waals surface area (Å²) in [6.07, 6.45) is 2.32. The first kappa shape index (κ1) is 15.9. The fourth-order valence-corrected chi connectivity index (χ4v) is 3.00. The highest BCUT2D eigenvalue weighted by atomic mass is 19.1. The highest BCUT2D eigenvalue weighted by Crippen LogP contribution is 2.21. The van der Waals surface area contributed by atoms with Crippen LogP contribution in [0, 0.1) is 11.7 Å². The molecule has 1 fully saturated rings. The van der Waals surface area contributed by atoms with Crippen molar-refractivity contribution in [2.45, 2.75) is 12.5 Å². The summed E-state index contributed by atoms with van der Waals surface area (Å²) in [6, 6.07) is 11.9. The van der Waals surface area contributed by atoms with E-state index in [1.807, 2.05) is 18.2 Å². The molecule has 0 spiro atoms. The lowest BCUT2D eigenvalue weighted by Gasteiger charge is -2.20. The van der Waals surface area contributed by atoms with Crippen LogP contribution in [0.25, 0.3) is 0 Å². The Hall–Kier alpha value is -1.98. The predicted octanol–water partition coefficient (Wildman–Crippen LogP) is 2.69. The summed E-state index contributed by atoms with van der Waals surface area (Å²) in [5.41, 5.74) is 0.765. The molecule has 1 aromatic heterocycles. The first-order chi connectivity index (χ1) is 11.2. The second kappa shape index (κ2) is 7.53. The number of β-amino-alcohol motifs (C(OH)–C–C–N with tert-alkyl or cyclic N) is 1. The van der Waals surface area contributed by atoms with Crippen molar-refractivity contribution in [1.82, 2.24) is 9.88 Å². The van der Waals surface area contributed by atoms with Crippen molar-refractivity contribution in [3.8, 4) is 0 Å². The number of anilines is 1. The Kier molecular flexibility index (Phi) is 5.20. The molecule has 0 aliphatic carbocycles. The van der Waals surface area contributed by atoms with E-state index in [1.165, 1.54) is 12.1 Å². The van der Waals surface area contributed by atoms with Gasteiger partial charge >= 0.3 is 0 Å². The van der Waals surface area contributed by atoms with Crippen LogP contribution in [0.15, 0.2) is 48.7 Å². The molecule has 0 amide bonds. The number of likely N-dealkylation sites (tertiary alicyclic amines) is 1. The monoisotopic (exact) mass is 315 g/mol. The highest BCUT2D eigenvalue weighted by molar-refractivity contribution is 5.33. The normalized spacial score (nSPS) is 19.7. The molecule has 122 valence electrons. The summed E-state index contributed by atoms with van der Waals surface area (Å²) < 4.78 is 12.9. The van der Waals surface area contributed by atoms with Gasteiger partial charge in [0.1, 0.15) is 11.6 Å². The smallest absolute Gasteiger partial charge is 0.125 e. The Morgan fingerprint density at radius 2 is 2.09 bits per heavy atom. The van der Waals surface area contributed by atoms with Crippen molar-refractivity contribution >= 4 is 5.82 Å². The zero-order valence-corrected chi connectivity index (χ0v) is 13.0. The van der Waals surface area contributed by atoms with E-state index in [2.05, 4.69) is 15.2 Å². The highest BCUT2D eigenvalue weighted by Gasteiger charge is 2.24. The summed E-state index contributed by atoms with van der Waals surface area (Å²) in [4.78, 5) is 6.52. The third-order valence-corrected chi connectivity index (χ3v) is 4.29. The molecule has 0 radical (unpaired) electrons. The molecule has 23 heavy (non-hydrogen) atoms. The van der Waals surface area contributed by atoms with E-state index in [9.17, 15) is 9.50 Å². The average molecular weight is 315 g/mol. The van der Waals surface area contributed by atoms with E-state index in [0.717, 1.165) is 37.4 Å². The minimum absolute atomic E-state index is 0.275. The Labute approximate surface area is 136 Å². The number of hydrogen-bond acceptors (Lipinski definition) is 4. The third-order valence-electron chi connectivity index (χ3n) is 4.29. The molecule has 1 aromatic carbocycles. The second-order valence-corrected chi connectivity index (χ2v) is 6.08. The van der Waals surface area contributed by atoms with E-state index in [-0.39, 0.29) is 5.82 Å². The van der Waals surface area contributed by atoms with Crippen molar-refractivity contribution in [3.63, 3.8) is 0 Å². The standard InChI is InChI=1S/C18H22FN3O/c19-16-6-4-15(5-7-16)17(23)13-22-10-8-14(12-22)11-21-18-3-1-2-9-20-18/h1-7,9,14,17,23H,8,10-13H2,(H,20,21)/t14-,17-/m1/s1. The molecule has 2 aromatic rings. The number of rotatable bonds is 6. The molecule has 2 atom stereocenters. The molecule has 4 nitrogen and oxygen atoms in total.